The SMILES string of the molecule is CC(C)(C)NC(=O)Cc1ccon1. The minimum absolute atomic E-state index is 0.0404. The molecule has 0 atom stereocenters. The van der Waals surface area contributed by atoms with Crippen molar-refractivity contribution in [3.05, 3.63) is 18.0 Å². The van der Waals surface area contributed by atoms with Gasteiger partial charge in [-0.05, 0) is 20.8 Å². The molecule has 0 saturated heterocycles. The van der Waals surface area contributed by atoms with Crippen LogP contribution in [0.4, 0.5) is 0 Å². The first kappa shape index (κ1) is 9.77. The lowest BCUT2D eigenvalue weighted by molar-refractivity contribution is -0.121. The Kier molecular flexibility index (Phi) is 2.70. The monoisotopic (exact) mass is 182 g/mol. The van der Waals surface area contributed by atoms with Gasteiger partial charge in [-0.1, -0.05) is 5.16 Å². The molecule has 4 nitrogen and oxygen atoms in total. The van der Waals surface area contributed by atoms with Crippen molar-refractivity contribution in [2.45, 2.75) is 32.7 Å². The van der Waals surface area contributed by atoms with Gasteiger partial charge in [-0.2, -0.15) is 0 Å². The minimum atomic E-state index is -0.194. The lowest BCUT2D eigenvalue weighted by Crippen LogP contribution is -2.41. The lowest BCUT2D eigenvalue weighted by atomic mass is 10.1. The number of carbonyl (C=O) groups is 1. The highest BCUT2D eigenvalue weighted by molar-refractivity contribution is 5.78. The number of carbonyl (C=O) groups excluding carboxylic acids is 1. The van der Waals surface area contributed by atoms with Gasteiger partial charge in [0.05, 0.1) is 12.1 Å². The molecule has 1 aromatic rings. The summed E-state index contributed by atoms with van der Waals surface area (Å²) >= 11 is 0. The van der Waals surface area contributed by atoms with Crippen LogP contribution in [0.25, 0.3) is 0 Å². The van der Waals surface area contributed by atoms with E-state index in [0.29, 0.717) is 5.69 Å². The molecule has 0 radical (unpaired) electrons. The van der Waals surface area contributed by atoms with E-state index >= 15 is 0 Å². The topological polar surface area (TPSA) is 55.1 Å². The largest absolute Gasteiger partial charge is 0.364 e. The fourth-order valence-corrected chi connectivity index (χ4v) is 0.956. The summed E-state index contributed by atoms with van der Waals surface area (Å²) in [6, 6.07) is 1.68. The average molecular weight is 182 g/mol. The minimum Gasteiger partial charge on any atom is -0.364 e. The first-order valence-corrected chi connectivity index (χ1v) is 4.18. The van der Waals surface area contributed by atoms with Crippen molar-refractivity contribution in [1.29, 1.82) is 0 Å². The van der Waals surface area contributed by atoms with Gasteiger partial charge in [-0.15, -0.1) is 0 Å². The molecule has 72 valence electrons. The Morgan fingerprint density at radius 1 is 1.62 bits per heavy atom. The molecule has 4 heteroatoms. The van der Waals surface area contributed by atoms with Crippen LogP contribution in [0.3, 0.4) is 0 Å². The van der Waals surface area contributed by atoms with Crippen molar-refractivity contribution < 1.29 is 9.32 Å². The van der Waals surface area contributed by atoms with E-state index in [0.717, 1.165) is 0 Å². The maximum atomic E-state index is 11.3. The molecule has 0 bridgehead atoms. The number of aromatic nitrogens is 1. The van der Waals surface area contributed by atoms with Crippen LogP contribution in [0.2, 0.25) is 0 Å². The summed E-state index contributed by atoms with van der Waals surface area (Å²) in [7, 11) is 0. The van der Waals surface area contributed by atoms with Gasteiger partial charge in [-0.25, -0.2) is 0 Å². The fourth-order valence-electron chi connectivity index (χ4n) is 0.956. The van der Waals surface area contributed by atoms with E-state index in [-0.39, 0.29) is 17.9 Å². The Balaban J connectivity index is 2.43. The molecular formula is C9H14N2O2. The molecule has 0 fully saturated rings. The molecule has 0 aliphatic heterocycles. The van der Waals surface area contributed by atoms with E-state index in [1.807, 2.05) is 20.8 Å². The first-order chi connectivity index (χ1) is 5.97. The summed E-state index contributed by atoms with van der Waals surface area (Å²) < 4.78 is 4.62. The van der Waals surface area contributed by atoms with Gasteiger partial charge in [0.2, 0.25) is 5.91 Å². The van der Waals surface area contributed by atoms with Crippen molar-refractivity contribution in [2.75, 3.05) is 0 Å². The van der Waals surface area contributed by atoms with Crippen LogP contribution in [-0.2, 0) is 11.2 Å². The molecule has 1 rings (SSSR count). The van der Waals surface area contributed by atoms with Crippen molar-refractivity contribution in [1.82, 2.24) is 10.5 Å². The number of hydrogen-bond acceptors (Lipinski definition) is 3. The Morgan fingerprint density at radius 2 is 2.31 bits per heavy atom. The number of nitrogens with zero attached hydrogens (tertiary/aromatic N) is 1. The standard InChI is InChI=1S/C9H14N2O2/c1-9(2,3)10-8(12)6-7-4-5-13-11-7/h4-5H,6H2,1-3H3,(H,10,12). The number of hydrogen-bond donors (Lipinski definition) is 1. The molecule has 0 saturated carbocycles. The van der Waals surface area contributed by atoms with Gasteiger partial charge in [0, 0.05) is 11.6 Å². The van der Waals surface area contributed by atoms with E-state index in [1.165, 1.54) is 6.26 Å². The number of rotatable bonds is 2. The summed E-state index contributed by atoms with van der Waals surface area (Å²) in [5, 5.41) is 6.49. The molecular weight excluding hydrogens is 168 g/mol. The van der Waals surface area contributed by atoms with Gasteiger partial charge >= 0.3 is 0 Å². The molecule has 0 aliphatic rings. The zero-order valence-electron chi connectivity index (χ0n) is 8.13. The molecule has 1 aromatic heterocycles. The second-order valence-corrected chi connectivity index (χ2v) is 3.97. The third kappa shape index (κ3) is 3.73. The highest BCUT2D eigenvalue weighted by Crippen LogP contribution is 2.01. The third-order valence-electron chi connectivity index (χ3n) is 1.35. The van der Waals surface area contributed by atoms with Gasteiger partial charge < -0.3 is 9.84 Å². The number of nitrogens with one attached hydrogen (secondary N) is 1. The Bertz CT molecular complexity index is 272. The molecule has 0 unspecified atom stereocenters. The van der Waals surface area contributed by atoms with Gasteiger partial charge in [0.15, 0.2) is 0 Å². The van der Waals surface area contributed by atoms with E-state index in [9.17, 15) is 4.79 Å². The molecule has 0 aliphatic carbocycles. The second-order valence-electron chi connectivity index (χ2n) is 3.97. The van der Waals surface area contributed by atoms with Crippen LogP contribution in [0.5, 0.6) is 0 Å². The van der Waals surface area contributed by atoms with Gasteiger partial charge in [0.25, 0.3) is 0 Å². The maximum absolute atomic E-state index is 11.3. The van der Waals surface area contributed by atoms with Crippen molar-refractivity contribution in [3.63, 3.8) is 0 Å². The molecule has 1 heterocycles. The molecule has 0 aromatic carbocycles. The molecule has 0 spiro atoms. The predicted molar refractivity (Wildman–Crippen MR) is 48.1 cm³/mol. The lowest BCUT2D eigenvalue weighted by Gasteiger charge is -2.19. The molecule has 13 heavy (non-hydrogen) atoms. The summed E-state index contributed by atoms with van der Waals surface area (Å²) in [5.74, 6) is -0.0404. The van der Waals surface area contributed by atoms with Crippen LogP contribution >= 0.6 is 0 Å². The summed E-state index contributed by atoms with van der Waals surface area (Å²) in [6.45, 7) is 5.81. The van der Waals surface area contributed by atoms with Crippen LogP contribution in [0.15, 0.2) is 16.9 Å². The third-order valence-corrected chi connectivity index (χ3v) is 1.35. The molecule has 1 N–H and O–H groups in total. The Labute approximate surface area is 77.3 Å². The summed E-state index contributed by atoms with van der Waals surface area (Å²) in [5.41, 5.74) is 0.461. The summed E-state index contributed by atoms with van der Waals surface area (Å²) in [4.78, 5) is 11.3. The quantitative estimate of drug-likeness (QED) is 0.746. The van der Waals surface area contributed by atoms with Crippen molar-refractivity contribution in [3.8, 4) is 0 Å². The Hall–Kier alpha value is -1.32. The van der Waals surface area contributed by atoms with E-state index in [2.05, 4.69) is 15.0 Å². The van der Waals surface area contributed by atoms with Crippen LogP contribution < -0.4 is 5.32 Å². The van der Waals surface area contributed by atoms with Crippen LogP contribution in [-0.4, -0.2) is 16.6 Å². The normalized spacial score (nSPS) is 11.3. The molecule has 1 amide bonds. The zero-order valence-corrected chi connectivity index (χ0v) is 8.13. The van der Waals surface area contributed by atoms with Gasteiger partial charge in [-0.3, -0.25) is 4.79 Å². The van der Waals surface area contributed by atoms with Gasteiger partial charge in [0.1, 0.15) is 6.26 Å². The van der Waals surface area contributed by atoms with E-state index < -0.39 is 0 Å². The highest BCUT2D eigenvalue weighted by Gasteiger charge is 2.14. The number of amides is 1. The smallest absolute Gasteiger partial charge is 0.226 e. The second kappa shape index (κ2) is 3.60. The van der Waals surface area contributed by atoms with Crippen molar-refractivity contribution in [2.24, 2.45) is 0 Å². The van der Waals surface area contributed by atoms with Crippen molar-refractivity contribution >= 4 is 5.91 Å². The Morgan fingerprint density at radius 3 is 2.77 bits per heavy atom. The zero-order chi connectivity index (χ0) is 9.90. The maximum Gasteiger partial charge on any atom is 0.226 e. The van der Waals surface area contributed by atoms with E-state index in [1.54, 1.807) is 6.07 Å². The first-order valence-electron chi connectivity index (χ1n) is 4.18. The average Bonchev–Trinajstić information content (AvgIpc) is 2.34. The van der Waals surface area contributed by atoms with E-state index in [4.69, 9.17) is 0 Å². The predicted octanol–water partition coefficient (Wildman–Crippen LogP) is 1.13. The fraction of sp³-hybridized carbons (Fsp3) is 0.556. The summed E-state index contributed by atoms with van der Waals surface area (Å²) in [6.07, 6.45) is 1.73. The van der Waals surface area contributed by atoms with Crippen LogP contribution in [0.1, 0.15) is 26.5 Å². The van der Waals surface area contributed by atoms with Crippen LogP contribution in [0, 0.1) is 0 Å². The highest BCUT2D eigenvalue weighted by atomic mass is 16.5.